The molecule has 1 aliphatic carbocycles. The van der Waals surface area contributed by atoms with Crippen molar-refractivity contribution in [2.45, 2.75) is 50.1 Å². The van der Waals surface area contributed by atoms with Gasteiger partial charge in [0.05, 0.1) is 6.04 Å². The molecule has 1 saturated heterocycles. The monoisotopic (exact) mass is 294 g/mol. The first kappa shape index (κ1) is 14.9. The van der Waals surface area contributed by atoms with Gasteiger partial charge in [0.25, 0.3) is 0 Å². The van der Waals surface area contributed by atoms with Gasteiger partial charge >= 0.3 is 0 Å². The average Bonchev–Trinajstić information content (AvgIpc) is 3.14. The Balaban J connectivity index is 2.01. The van der Waals surface area contributed by atoms with Crippen molar-refractivity contribution >= 4 is 0 Å². The molecule has 0 amide bonds. The van der Waals surface area contributed by atoms with Crippen molar-refractivity contribution in [3.8, 4) is 0 Å². The Labute approximate surface area is 125 Å². The smallest absolute Gasteiger partial charge is 0.128 e. The number of benzene rings is 1. The third-order valence-corrected chi connectivity index (χ3v) is 5.30. The van der Waals surface area contributed by atoms with Gasteiger partial charge in [-0.3, -0.25) is 4.90 Å². The molecule has 1 atom stereocenters. The molecule has 3 rings (SSSR count). The van der Waals surface area contributed by atoms with Crippen molar-refractivity contribution < 1.29 is 8.78 Å². The lowest BCUT2D eigenvalue weighted by atomic mass is 9.81. The molecule has 0 bridgehead atoms. The molecule has 4 heteroatoms. The summed E-state index contributed by atoms with van der Waals surface area (Å²) in [5.74, 6) is -0.664. The van der Waals surface area contributed by atoms with Crippen LogP contribution in [-0.4, -0.2) is 30.6 Å². The molecule has 1 N–H and O–H groups in total. The minimum absolute atomic E-state index is 0.0557. The fourth-order valence-electron chi connectivity index (χ4n) is 4.39. The highest BCUT2D eigenvalue weighted by atomic mass is 19.1. The minimum Gasteiger partial charge on any atom is -0.311 e. The van der Waals surface area contributed by atoms with Crippen molar-refractivity contribution in [2.75, 3.05) is 20.1 Å². The van der Waals surface area contributed by atoms with Crippen LogP contribution in [0.4, 0.5) is 8.78 Å². The highest BCUT2D eigenvalue weighted by Crippen LogP contribution is 2.46. The number of hydrogen-bond donors (Lipinski definition) is 1. The molecule has 2 fully saturated rings. The molecule has 1 saturated carbocycles. The van der Waals surface area contributed by atoms with E-state index >= 15 is 0 Å². The maximum atomic E-state index is 14.3. The van der Waals surface area contributed by atoms with Crippen LogP contribution in [-0.2, 0) is 0 Å². The molecule has 0 radical (unpaired) electrons. The van der Waals surface area contributed by atoms with Gasteiger partial charge in [-0.05, 0) is 64.0 Å². The number of likely N-dealkylation sites (N-methyl/N-ethyl adjacent to an activating group) is 1. The molecule has 2 nitrogen and oxygen atoms in total. The van der Waals surface area contributed by atoms with E-state index in [0.717, 1.165) is 25.9 Å². The molecule has 0 aromatic heterocycles. The molecule has 1 aliphatic heterocycles. The zero-order valence-electron chi connectivity index (χ0n) is 12.7. The molecule has 1 aromatic carbocycles. The normalized spacial score (nSPS) is 23.6. The third-order valence-electron chi connectivity index (χ3n) is 5.30. The van der Waals surface area contributed by atoms with Crippen LogP contribution >= 0.6 is 0 Å². The van der Waals surface area contributed by atoms with E-state index < -0.39 is 0 Å². The average molecular weight is 294 g/mol. The highest BCUT2D eigenvalue weighted by Gasteiger charge is 2.47. The summed E-state index contributed by atoms with van der Waals surface area (Å²) in [4.78, 5) is 2.52. The molecule has 1 unspecified atom stereocenters. The van der Waals surface area contributed by atoms with Crippen molar-refractivity contribution in [3.05, 3.63) is 35.4 Å². The topological polar surface area (TPSA) is 15.3 Å². The Bertz CT molecular complexity index is 492. The van der Waals surface area contributed by atoms with Crippen molar-refractivity contribution in [2.24, 2.45) is 0 Å². The zero-order valence-corrected chi connectivity index (χ0v) is 12.7. The van der Waals surface area contributed by atoms with Crippen LogP contribution in [0.25, 0.3) is 0 Å². The number of hydrogen-bond acceptors (Lipinski definition) is 2. The van der Waals surface area contributed by atoms with Gasteiger partial charge in [0.2, 0.25) is 0 Å². The van der Waals surface area contributed by atoms with Gasteiger partial charge in [-0.2, -0.15) is 0 Å². The Morgan fingerprint density at radius 2 is 1.76 bits per heavy atom. The van der Waals surface area contributed by atoms with Crippen LogP contribution in [0.3, 0.4) is 0 Å². The van der Waals surface area contributed by atoms with Gasteiger partial charge < -0.3 is 5.32 Å². The van der Waals surface area contributed by atoms with E-state index in [0.29, 0.717) is 5.56 Å². The Hall–Kier alpha value is -1.00. The summed E-state index contributed by atoms with van der Waals surface area (Å²) in [7, 11) is 1.87. The van der Waals surface area contributed by atoms with E-state index in [1.165, 1.54) is 43.9 Å². The van der Waals surface area contributed by atoms with Gasteiger partial charge in [0.1, 0.15) is 11.6 Å². The van der Waals surface area contributed by atoms with Crippen LogP contribution in [0, 0.1) is 11.6 Å². The Morgan fingerprint density at radius 3 is 2.38 bits per heavy atom. The maximum Gasteiger partial charge on any atom is 0.128 e. The largest absolute Gasteiger partial charge is 0.311 e. The summed E-state index contributed by atoms with van der Waals surface area (Å²) in [6.07, 6.45) is 6.90. The molecular weight excluding hydrogens is 270 g/mol. The molecule has 1 heterocycles. The van der Waals surface area contributed by atoms with E-state index in [2.05, 4.69) is 10.2 Å². The SMILES string of the molecule is CNC(c1cc(F)ccc1F)C1(N2CCCC2)CCCC1. The first-order valence-corrected chi connectivity index (χ1v) is 8.05. The molecule has 116 valence electrons. The van der Waals surface area contributed by atoms with E-state index in [9.17, 15) is 8.78 Å². The second-order valence-electron chi connectivity index (χ2n) is 6.39. The van der Waals surface area contributed by atoms with Gasteiger partial charge in [0.15, 0.2) is 0 Å². The summed E-state index contributed by atoms with van der Waals surface area (Å²) in [6.45, 7) is 2.16. The molecular formula is C17H24F2N2. The lowest BCUT2D eigenvalue weighted by Gasteiger charge is -2.45. The van der Waals surface area contributed by atoms with Gasteiger partial charge in [-0.25, -0.2) is 8.78 Å². The van der Waals surface area contributed by atoms with Crippen LogP contribution in [0.1, 0.15) is 50.1 Å². The van der Waals surface area contributed by atoms with Crippen molar-refractivity contribution in [1.82, 2.24) is 10.2 Å². The summed E-state index contributed by atoms with van der Waals surface area (Å²) < 4.78 is 27.9. The lowest BCUT2D eigenvalue weighted by molar-refractivity contribution is 0.0780. The number of nitrogens with zero attached hydrogens (tertiary/aromatic N) is 1. The van der Waals surface area contributed by atoms with Gasteiger partial charge in [-0.15, -0.1) is 0 Å². The number of nitrogens with one attached hydrogen (secondary N) is 1. The molecule has 21 heavy (non-hydrogen) atoms. The number of halogens is 2. The summed E-state index contributed by atoms with van der Waals surface area (Å²) in [5, 5.41) is 3.30. The first-order chi connectivity index (χ1) is 10.2. The fraction of sp³-hybridized carbons (Fsp3) is 0.647. The number of rotatable bonds is 4. The minimum atomic E-state index is -0.360. The summed E-state index contributed by atoms with van der Waals surface area (Å²) in [6, 6.07) is 3.67. The summed E-state index contributed by atoms with van der Waals surface area (Å²) in [5.41, 5.74) is 0.422. The Kier molecular flexibility index (Phi) is 4.27. The van der Waals surface area contributed by atoms with Crippen LogP contribution < -0.4 is 5.32 Å². The summed E-state index contributed by atoms with van der Waals surface area (Å²) >= 11 is 0. The predicted octanol–water partition coefficient (Wildman–Crippen LogP) is 3.63. The van der Waals surface area contributed by atoms with Crippen LogP contribution in [0.2, 0.25) is 0 Å². The highest BCUT2D eigenvalue weighted by molar-refractivity contribution is 5.27. The third kappa shape index (κ3) is 2.59. The fourth-order valence-corrected chi connectivity index (χ4v) is 4.39. The maximum absolute atomic E-state index is 14.3. The first-order valence-electron chi connectivity index (χ1n) is 8.05. The van der Waals surface area contributed by atoms with Gasteiger partial charge in [0, 0.05) is 11.1 Å². The van der Waals surface area contributed by atoms with E-state index in [-0.39, 0.29) is 23.2 Å². The second kappa shape index (κ2) is 6.01. The van der Waals surface area contributed by atoms with Crippen LogP contribution in [0.15, 0.2) is 18.2 Å². The van der Waals surface area contributed by atoms with E-state index in [1.54, 1.807) is 0 Å². The molecule has 1 aromatic rings. The zero-order chi connectivity index (χ0) is 14.9. The quantitative estimate of drug-likeness (QED) is 0.912. The lowest BCUT2D eigenvalue weighted by Crippen LogP contribution is -2.53. The number of likely N-dealkylation sites (tertiary alicyclic amines) is 1. The standard InChI is InChI=1S/C17H24F2N2/c1-20-16(14-12-13(18)6-7-15(14)19)17(8-2-3-9-17)21-10-4-5-11-21/h6-7,12,16,20H,2-5,8-11H2,1H3. The van der Waals surface area contributed by atoms with Crippen molar-refractivity contribution in [3.63, 3.8) is 0 Å². The predicted molar refractivity (Wildman–Crippen MR) is 80.2 cm³/mol. The Morgan fingerprint density at radius 1 is 1.10 bits per heavy atom. The van der Waals surface area contributed by atoms with Crippen molar-refractivity contribution in [1.29, 1.82) is 0 Å². The van der Waals surface area contributed by atoms with E-state index in [4.69, 9.17) is 0 Å². The molecule has 0 spiro atoms. The van der Waals surface area contributed by atoms with Gasteiger partial charge in [-0.1, -0.05) is 12.8 Å². The van der Waals surface area contributed by atoms with Crippen LogP contribution in [0.5, 0.6) is 0 Å². The van der Waals surface area contributed by atoms with E-state index in [1.807, 2.05) is 7.05 Å². The molecule has 2 aliphatic rings. The second-order valence-corrected chi connectivity index (χ2v) is 6.39.